The van der Waals surface area contributed by atoms with Crippen molar-refractivity contribution in [1.82, 2.24) is 10.1 Å². The van der Waals surface area contributed by atoms with Crippen molar-refractivity contribution >= 4 is 35.6 Å². The van der Waals surface area contributed by atoms with Crippen LogP contribution < -0.4 is 15.8 Å². The quantitative estimate of drug-likeness (QED) is 0.471. The molecule has 0 aliphatic carbocycles. The average molecular weight is 389 g/mol. The lowest BCUT2D eigenvalue weighted by molar-refractivity contribution is 0.376. The lowest BCUT2D eigenvalue weighted by atomic mass is 10.3. The molecule has 0 saturated carbocycles. The standard InChI is InChI=1S/C12H15N5O2.HI/c1-8-15-11(19-17-8)7-14-12(13)16-9-3-5-10(18-2)6-4-9;/h3-6H,7H2,1-2H3,(H3,13,14,16);1H. The molecule has 0 amide bonds. The highest BCUT2D eigenvalue weighted by Gasteiger charge is 2.01. The molecular weight excluding hydrogens is 373 g/mol. The molecule has 3 N–H and O–H groups in total. The number of methoxy groups -OCH3 is 1. The van der Waals surface area contributed by atoms with Crippen molar-refractivity contribution in [2.24, 2.45) is 10.7 Å². The molecule has 1 aromatic carbocycles. The van der Waals surface area contributed by atoms with Gasteiger partial charge in [0.1, 0.15) is 12.3 Å². The van der Waals surface area contributed by atoms with E-state index in [1.165, 1.54) is 0 Å². The van der Waals surface area contributed by atoms with Gasteiger partial charge >= 0.3 is 0 Å². The van der Waals surface area contributed by atoms with Gasteiger partial charge in [0.25, 0.3) is 0 Å². The summed E-state index contributed by atoms with van der Waals surface area (Å²) in [6, 6.07) is 7.35. The Hall–Kier alpha value is -1.84. The van der Waals surface area contributed by atoms with Crippen molar-refractivity contribution < 1.29 is 9.26 Å². The maximum Gasteiger partial charge on any atom is 0.248 e. The van der Waals surface area contributed by atoms with Crippen molar-refractivity contribution in [3.63, 3.8) is 0 Å². The van der Waals surface area contributed by atoms with Gasteiger partial charge in [0.2, 0.25) is 5.89 Å². The van der Waals surface area contributed by atoms with Gasteiger partial charge in [-0.2, -0.15) is 4.98 Å². The Morgan fingerprint density at radius 2 is 2.10 bits per heavy atom. The molecule has 0 fully saturated rings. The van der Waals surface area contributed by atoms with Gasteiger partial charge in [-0.1, -0.05) is 5.16 Å². The van der Waals surface area contributed by atoms with Crippen LogP contribution in [0.15, 0.2) is 33.8 Å². The van der Waals surface area contributed by atoms with E-state index in [0.717, 1.165) is 11.4 Å². The molecule has 0 bridgehead atoms. The second-order valence-electron chi connectivity index (χ2n) is 3.79. The van der Waals surface area contributed by atoms with Gasteiger partial charge in [0.15, 0.2) is 11.8 Å². The van der Waals surface area contributed by atoms with Crippen LogP contribution in [0.1, 0.15) is 11.7 Å². The molecule has 8 heteroatoms. The van der Waals surface area contributed by atoms with Crippen molar-refractivity contribution in [3.05, 3.63) is 36.0 Å². The molecule has 2 rings (SSSR count). The van der Waals surface area contributed by atoms with E-state index in [1.54, 1.807) is 14.0 Å². The molecule has 108 valence electrons. The van der Waals surface area contributed by atoms with Gasteiger partial charge in [-0.05, 0) is 31.2 Å². The van der Waals surface area contributed by atoms with E-state index in [2.05, 4.69) is 20.4 Å². The maximum atomic E-state index is 5.75. The Balaban J connectivity index is 0.00000200. The van der Waals surface area contributed by atoms with Crippen molar-refractivity contribution in [1.29, 1.82) is 0 Å². The van der Waals surface area contributed by atoms with Gasteiger partial charge in [-0.3, -0.25) is 0 Å². The van der Waals surface area contributed by atoms with E-state index >= 15 is 0 Å². The summed E-state index contributed by atoms with van der Waals surface area (Å²) in [6.07, 6.45) is 0. The smallest absolute Gasteiger partial charge is 0.248 e. The molecular formula is C12H16IN5O2. The Morgan fingerprint density at radius 3 is 2.65 bits per heavy atom. The predicted octanol–water partition coefficient (Wildman–Crippen LogP) is 1.93. The summed E-state index contributed by atoms with van der Waals surface area (Å²) in [5.41, 5.74) is 6.57. The zero-order chi connectivity index (χ0) is 13.7. The molecule has 0 spiro atoms. The fourth-order valence-corrected chi connectivity index (χ4v) is 1.42. The summed E-state index contributed by atoms with van der Waals surface area (Å²) in [4.78, 5) is 8.13. The molecule has 20 heavy (non-hydrogen) atoms. The number of nitrogens with two attached hydrogens (primary N) is 1. The predicted molar refractivity (Wildman–Crippen MR) is 86.4 cm³/mol. The molecule has 7 nitrogen and oxygen atoms in total. The molecule has 2 aromatic rings. The number of benzene rings is 1. The Bertz CT molecular complexity index is 567. The van der Waals surface area contributed by atoms with E-state index < -0.39 is 0 Å². The van der Waals surface area contributed by atoms with E-state index in [-0.39, 0.29) is 36.5 Å². The monoisotopic (exact) mass is 389 g/mol. The third-order valence-corrected chi connectivity index (χ3v) is 2.32. The summed E-state index contributed by atoms with van der Waals surface area (Å²) < 4.78 is 9.99. The topological polar surface area (TPSA) is 98.6 Å². The first-order chi connectivity index (χ1) is 9.17. The number of guanidine groups is 1. The fourth-order valence-electron chi connectivity index (χ4n) is 1.42. The average Bonchev–Trinajstić information content (AvgIpc) is 2.83. The highest BCUT2D eigenvalue weighted by atomic mass is 127. The molecule has 0 saturated heterocycles. The maximum absolute atomic E-state index is 5.75. The normalized spacial score (nSPS) is 10.8. The van der Waals surface area contributed by atoms with Crippen LogP contribution in [0, 0.1) is 6.92 Å². The highest BCUT2D eigenvalue weighted by molar-refractivity contribution is 14.0. The Morgan fingerprint density at radius 1 is 1.40 bits per heavy atom. The molecule has 0 radical (unpaired) electrons. The highest BCUT2D eigenvalue weighted by Crippen LogP contribution is 2.14. The van der Waals surface area contributed by atoms with Crippen LogP contribution in [-0.4, -0.2) is 23.2 Å². The largest absolute Gasteiger partial charge is 0.497 e. The number of hydrogen-bond acceptors (Lipinski definition) is 5. The minimum absolute atomic E-state index is 0. The number of rotatable bonds is 4. The van der Waals surface area contributed by atoms with Crippen LogP contribution >= 0.6 is 24.0 Å². The van der Waals surface area contributed by atoms with Crippen LogP contribution in [-0.2, 0) is 6.54 Å². The zero-order valence-corrected chi connectivity index (χ0v) is 13.5. The number of halogens is 1. The third-order valence-electron chi connectivity index (χ3n) is 2.32. The number of aromatic nitrogens is 2. The van der Waals surface area contributed by atoms with Gasteiger partial charge in [0.05, 0.1) is 7.11 Å². The molecule has 0 unspecified atom stereocenters. The molecule has 1 aromatic heterocycles. The number of aryl methyl sites for hydroxylation is 1. The Kier molecular flexibility index (Phi) is 6.22. The van der Waals surface area contributed by atoms with E-state index in [4.69, 9.17) is 15.0 Å². The zero-order valence-electron chi connectivity index (χ0n) is 11.2. The number of anilines is 1. The second-order valence-corrected chi connectivity index (χ2v) is 3.79. The summed E-state index contributed by atoms with van der Waals surface area (Å²) in [5.74, 6) is 2.06. The van der Waals surface area contributed by atoms with Crippen LogP contribution in [0.4, 0.5) is 5.69 Å². The van der Waals surface area contributed by atoms with Crippen molar-refractivity contribution in [2.45, 2.75) is 13.5 Å². The molecule has 0 atom stereocenters. The van der Waals surface area contributed by atoms with Crippen molar-refractivity contribution in [2.75, 3.05) is 12.4 Å². The SMILES string of the molecule is COc1ccc(NC(N)=NCc2nc(C)no2)cc1.I. The van der Waals surface area contributed by atoms with Gasteiger partial charge in [0, 0.05) is 5.69 Å². The molecule has 1 heterocycles. The first-order valence-electron chi connectivity index (χ1n) is 5.67. The summed E-state index contributed by atoms with van der Waals surface area (Å²) in [7, 11) is 1.62. The van der Waals surface area contributed by atoms with E-state index in [9.17, 15) is 0 Å². The van der Waals surface area contributed by atoms with E-state index in [1.807, 2.05) is 24.3 Å². The number of nitrogens with one attached hydrogen (secondary N) is 1. The fraction of sp³-hybridized carbons (Fsp3) is 0.250. The minimum Gasteiger partial charge on any atom is -0.497 e. The lowest BCUT2D eigenvalue weighted by Crippen LogP contribution is -2.22. The summed E-state index contributed by atoms with van der Waals surface area (Å²) >= 11 is 0. The van der Waals surface area contributed by atoms with Gasteiger partial charge in [-0.25, -0.2) is 4.99 Å². The molecule has 0 aliphatic rings. The summed E-state index contributed by atoms with van der Waals surface area (Å²) in [6.45, 7) is 1.99. The second kappa shape index (κ2) is 7.68. The van der Waals surface area contributed by atoms with Crippen LogP contribution in [0.3, 0.4) is 0 Å². The van der Waals surface area contributed by atoms with Gasteiger partial charge < -0.3 is 20.3 Å². The number of ether oxygens (including phenoxy) is 1. The number of nitrogens with zero attached hydrogens (tertiary/aromatic N) is 3. The lowest BCUT2D eigenvalue weighted by Gasteiger charge is -2.05. The number of hydrogen-bond donors (Lipinski definition) is 2. The van der Waals surface area contributed by atoms with Crippen LogP contribution in [0.5, 0.6) is 5.75 Å². The number of aliphatic imine (C=N–C) groups is 1. The van der Waals surface area contributed by atoms with E-state index in [0.29, 0.717) is 11.7 Å². The summed E-state index contributed by atoms with van der Waals surface area (Å²) in [5, 5.41) is 6.62. The first-order valence-corrected chi connectivity index (χ1v) is 5.67. The van der Waals surface area contributed by atoms with Crippen molar-refractivity contribution in [3.8, 4) is 5.75 Å². The Labute approximate surface area is 133 Å². The third kappa shape index (κ3) is 4.68. The van der Waals surface area contributed by atoms with Gasteiger partial charge in [-0.15, -0.1) is 24.0 Å². The van der Waals surface area contributed by atoms with Crippen LogP contribution in [0.2, 0.25) is 0 Å². The van der Waals surface area contributed by atoms with Crippen LogP contribution in [0.25, 0.3) is 0 Å². The first kappa shape index (κ1) is 16.2. The molecule has 0 aliphatic heterocycles. The minimum atomic E-state index is 0.